The Morgan fingerprint density at radius 2 is 1.56 bits per heavy atom. The van der Waals surface area contributed by atoms with Crippen molar-refractivity contribution in [2.45, 2.75) is 44.2 Å². The van der Waals surface area contributed by atoms with E-state index in [0.717, 1.165) is 11.3 Å². The molecule has 14 heteroatoms. The van der Waals surface area contributed by atoms with Crippen LogP contribution in [0.1, 0.15) is 58.2 Å². The van der Waals surface area contributed by atoms with Gasteiger partial charge in [-0.1, -0.05) is 47.1 Å². The molecule has 0 aliphatic carbocycles. The second-order valence-corrected chi connectivity index (χ2v) is 10.9. The first-order chi connectivity index (χ1) is 21.3. The molecule has 1 aromatic heterocycles. The molecule has 7 nitrogen and oxygen atoms in total. The third kappa shape index (κ3) is 7.64. The monoisotopic (exact) mass is 650 g/mol. The van der Waals surface area contributed by atoms with Crippen LogP contribution in [0, 0.1) is 0 Å². The summed E-state index contributed by atoms with van der Waals surface area (Å²) in [6, 6.07) is 15.0. The lowest BCUT2D eigenvalue weighted by molar-refractivity contribution is -0.143. The topological polar surface area (TPSA) is 79.5 Å². The molecule has 0 saturated carbocycles. The number of hydrogen-bond acceptors (Lipinski definition) is 5. The van der Waals surface area contributed by atoms with Crippen LogP contribution in [-0.4, -0.2) is 44.8 Å². The van der Waals surface area contributed by atoms with Crippen LogP contribution >= 0.6 is 11.6 Å². The molecule has 1 atom stereocenters. The van der Waals surface area contributed by atoms with E-state index in [9.17, 15) is 35.9 Å². The van der Waals surface area contributed by atoms with E-state index >= 15 is 0 Å². The van der Waals surface area contributed by atoms with Crippen LogP contribution in [-0.2, 0) is 23.7 Å². The fraction of sp³-hybridized carbons (Fsp3) is 0.290. The Bertz CT molecular complexity index is 1630. The van der Waals surface area contributed by atoms with Crippen LogP contribution in [0.5, 0.6) is 0 Å². The normalized spacial score (nSPS) is 15.6. The maximum atomic E-state index is 13.8. The van der Waals surface area contributed by atoms with Gasteiger partial charge in [-0.25, -0.2) is 0 Å². The van der Waals surface area contributed by atoms with Gasteiger partial charge in [-0.2, -0.15) is 31.3 Å². The van der Waals surface area contributed by atoms with Gasteiger partial charge in [0.1, 0.15) is 12.6 Å². The number of nitrogens with zero attached hydrogens (tertiary/aromatic N) is 4. The molecule has 2 amide bonds. The molecule has 4 aromatic rings. The molecule has 5 rings (SSSR count). The van der Waals surface area contributed by atoms with Crippen molar-refractivity contribution in [1.82, 2.24) is 19.9 Å². The molecule has 0 spiro atoms. The Morgan fingerprint density at radius 3 is 2.18 bits per heavy atom. The van der Waals surface area contributed by atoms with E-state index < -0.39 is 53.4 Å². The molecule has 1 aliphatic heterocycles. The van der Waals surface area contributed by atoms with Crippen LogP contribution in [0.15, 0.2) is 77.3 Å². The van der Waals surface area contributed by atoms with Gasteiger partial charge in [-0.15, -0.1) is 0 Å². The Kier molecular flexibility index (Phi) is 9.19. The third-order valence-electron chi connectivity index (χ3n) is 7.32. The van der Waals surface area contributed by atoms with Gasteiger partial charge in [0.2, 0.25) is 17.6 Å². The predicted octanol–water partition coefficient (Wildman–Crippen LogP) is 7.82. The Morgan fingerprint density at radius 1 is 0.911 bits per heavy atom. The third-order valence-corrected chi connectivity index (χ3v) is 7.57. The first-order valence-corrected chi connectivity index (χ1v) is 14.2. The number of benzene rings is 3. The minimum atomic E-state index is -5.15. The SMILES string of the molecule is O=C(c1cc(C(F)(F)F)cc(C(F)(F)F)c1)N(CC(=O)N1CCCCC1c1nc(-c2ccc(Cl)cc2)no1)Cc1ccccc1. The van der Waals surface area contributed by atoms with Gasteiger partial charge in [0.25, 0.3) is 5.91 Å². The molecule has 1 unspecified atom stereocenters. The first kappa shape index (κ1) is 32.0. The molecular weight excluding hydrogens is 626 g/mol. The number of alkyl halides is 6. The number of likely N-dealkylation sites (tertiary alicyclic amines) is 1. The van der Waals surface area contributed by atoms with Crippen molar-refractivity contribution >= 4 is 23.4 Å². The summed E-state index contributed by atoms with van der Waals surface area (Å²) in [5.41, 5.74) is -2.96. The highest BCUT2D eigenvalue weighted by Crippen LogP contribution is 2.37. The summed E-state index contributed by atoms with van der Waals surface area (Å²) < 4.78 is 86.8. The van der Waals surface area contributed by atoms with Gasteiger partial charge in [0.05, 0.1) is 11.1 Å². The molecule has 0 N–H and O–H groups in total. The molecule has 0 bridgehead atoms. The van der Waals surface area contributed by atoms with Gasteiger partial charge in [-0.3, -0.25) is 9.59 Å². The Hall–Kier alpha value is -4.39. The van der Waals surface area contributed by atoms with E-state index in [1.54, 1.807) is 54.6 Å². The quantitative estimate of drug-likeness (QED) is 0.191. The van der Waals surface area contributed by atoms with E-state index in [4.69, 9.17) is 16.1 Å². The number of piperidine rings is 1. The van der Waals surface area contributed by atoms with Gasteiger partial charge >= 0.3 is 12.4 Å². The van der Waals surface area contributed by atoms with Crippen LogP contribution < -0.4 is 0 Å². The van der Waals surface area contributed by atoms with Crippen molar-refractivity contribution in [3.63, 3.8) is 0 Å². The average molecular weight is 651 g/mol. The number of halogens is 7. The first-order valence-electron chi connectivity index (χ1n) is 13.8. The van der Waals surface area contributed by atoms with E-state index in [-0.39, 0.29) is 30.9 Å². The number of aromatic nitrogens is 2. The smallest absolute Gasteiger partial charge is 0.337 e. The van der Waals surface area contributed by atoms with Gasteiger partial charge in [-0.05, 0) is 67.3 Å². The molecule has 45 heavy (non-hydrogen) atoms. The average Bonchev–Trinajstić information content (AvgIpc) is 3.50. The largest absolute Gasteiger partial charge is 0.416 e. The van der Waals surface area contributed by atoms with Crippen molar-refractivity contribution in [1.29, 1.82) is 0 Å². The Balaban J connectivity index is 1.45. The number of amides is 2. The molecule has 1 aliphatic rings. The highest BCUT2D eigenvalue weighted by Gasteiger charge is 2.39. The summed E-state index contributed by atoms with van der Waals surface area (Å²) >= 11 is 5.95. The maximum Gasteiger partial charge on any atom is 0.416 e. The number of carbonyl (C=O) groups excluding carboxylic acids is 2. The highest BCUT2D eigenvalue weighted by molar-refractivity contribution is 6.30. The van der Waals surface area contributed by atoms with E-state index in [2.05, 4.69) is 10.1 Å². The minimum absolute atomic E-state index is 0.0511. The lowest BCUT2D eigenvalue weighted by Gasteiger charge is -2.35. The minimum Gasteiger partial charge on any atom is -0.337 e. The molecule has 236 valence electrons. The number of hydrogen-bond donors (Lipinski definition) is 0. The maximum absolute atomic E-state index is 13.8. The van der Waals surface area contributed by atoms with E-state index in [1.165, 1.54) is 4.90 Å². The van der Waals surface area contributed by atoms with Gasteiger partial charge in [0.15, 0.2) is 0 Å². The van der Waals surface area contributed by atoms with Crippen LogP contribution in [0.25, 0.3) is 11.4 Å². The fourth-order valence-electron chi connectivity index (χ4n) is 5.09. The Labute approximate surface area is 258 Å². The summed E-state index contributed by atoms with van der Waals surface area (Å²) in [6.45, 7) is -0.611. The van der Waals surface area contributed by atoms with Crippen LogP contribution in [0.3, 0.4) is 0 Å². The van der Waals surface area contributed by atoms with Crippen molar-refractivity contribution in [2.75, 3.05) is 13.1 Å². The van der Waals surface area contributed by atoms with Gasteiger partial charge < -0.3 is 14.3 Å². The molecule has 1 saturated heterocycles. The summed E-state index contributed by atoms with van der Waals surface area (Å²) in [4.78, 5) is 34.2. The zero-order chi connectivity index (χ0) is 32.4. The van der Waals surface area contributed by atoms with E-state index in [0.29, 0.717) is 41.1 Å². The summed E-state index contributed by atoms with van der Waals surface area (Å²) in [5, 5.41) is 4.53. The number of carbonyl (C=O) groups is 2. The van der Waals surface area contributed by atoms with Crippen molar-refractivity contribution in [2.24, 2.45) is 0 Å². The summed E-state index contributed by atoms with van der Waals surface area (Å²) in [5.74, 6) is -1.33. The van der Waals surface area contributed by atoms with Crippen molar-refractivity contribution < 1.29 is 40.5 Å². The molecule has 2 heterocycles. The number of rotatable bonds is 7. The highest BCUT2D eigenvalue weighted by atomic mass is 35.5. The van der Waals surface area contributed by atoms with Crippen molar-refractivity contribution in [3.05, 3.63) is 106 Å². The lowest BCUT2D eigenvalue weighted by Crippen LogP contribution is -2.46. The summed E-state index contributed by atoms with van der Waals surface area (Å²) in [7, 11) is 0. The molecule has 0 radical (unpaired) electrons. The molecule has 1 fully saturated rings. The standard InChI is InChI=1S/C31H25ClF6N4O3/c32-24-11-9-20(10-12-24)27-39-28(45-40-27)25-8-4-5-13-42(25)26(43)18-41(17-19-6-2-1-3-7-19)29(44)21-14-22(30(33,34)35)16-23(15-21)31(36,37)38/h1-3,6-7,9-12,14-16,25H,4-5,8,13,17-18H2. The second kappa shape index (κ2) is 12.9. The zero-order valence-corrected chi connectivity index (χ0v) is 24.2. The molecular formula is C31H25ClF6N4O3. The zero-order valence-electron chi connectivity index (χ0n) is 23.4. The van der Waals surface area contributed by atoms with Crippen LogP contribution in [0.2, 0.25) is 5.02 Å². The van der Waals surface area contributed by atoms with Crippen LogP contribution in [0.4, 0.5) is 26.3 Å². The summed E-state index contributed by atoms with van der Waals surface area (Å²) in [6.07, 6.45) is -8.48. The van der Waals surface area contributed by atoms with E-state index in [1.807, 2.05) is 0 Å². The fourth-order valence-corrected chi connectivity index (χ4v) is 5.22. The van der Waals surface area contributed by atoms with Crippen molar-refractivity contribution in [3.8, 4) is 11.4 Å². The lowest BCUT2D eigenvalue weighted by atomic mass is 10.0. The predicted molar refractivity (Wildman–Crippen MR) is 151 cm³/mol. The second-order valence-electron chi connectivity index (χ2n) is 10.5. The van der Waals surface area contributed by atoms with Gasteiger partial charge in [0, 0.05) is 29.2 Å². The molecule has 3 aromatic carbocycles.